The maximum Gasteiger partial charge on any atom is 0.417 e. The number of amides is 2. The minimum Gasteiger partial charge on any atom is -0.389 e. The van der Waals surface area contributed by atoms with Gasteiger partial charge < -0.3 is 20.6 Å². The second-order valence-electron chi connectivity index (χ2n) is 12.3. The van der Waals surface area contributed by atoms with Crippen molar-refractivity contribution >= 4 is 29.0 Å². The van der Waals surface area contributed by atoms with Gasteiger partial charge in [-0.15, -0.1) is 11.3 Å². The lowest BCUT2D eigenvalue weighted by molar-refractivity contribution is -0.137. The summed E-state index contributed by atoms with van der Waals surface area (Å²) in [4.78, 5) is 37.1. The van der Waals surface area contributed by atoms with Crippen molar-refractivity contribution in [2.24, 2.45) is 11.8 Å². The van der Waals surface area contributed by atoms with E-state index in [0.29, 0.717) is 11.8 Å². The van der Waals surface area contributed by atoms with Gasteiger partial charge in [-0.1, -0.05) is 0 Å². The molecule has 40 heavy (non-hydrogen) atoms. The molecular formula is C28H34F3N5O3S. The van der Waals surface area contributed by atoms with Gasteiger partial charge in [0.1, 0.15) is 11.5 Å². The van der Waals surface area contributed by atoms with Crippen molar-refractivity contribution in [1.82, 2.24) is 20.2 Å². The van der Waals surface area contributed by atoms with Crippen LogP contribution in [-0.4, -0.2) is 62.1 Å². The molecule has 0 atom stereocenters. The maximum absolute atomic E-state index is 14.5. The molecular weight excluding hydrogens is 543 g/mol. The molecule has 4 aliphatic rings. The summed E-state index contributed by atoms with van der Waals surface area (Å²) in [6.07, 6.45) is 4.14. The molecule has 2 aromatic rings. The van der Waals surface area contributed by atoms with Crippen molar-refractivity contribution in [1.29, 1.82) is 0 Å². The standard InChI is InChI=1S/C28H34F3N5O3S/c1-27(2,39)13-33-24(37)25-35-22(26(38)36-16-7-8-17(36)10-9-16)23(40-25)18-12-32-20(11-19(18)28(29,30)31)34-21(14-3-4-14)15-5-6-15/h11-12,14-17,21,39H,3-10,13H2,1-2H3,(H,32,34)(H,33,37)/t16-,17+. The lowest BCUT2D eigenvalue weighted by Gasteiger charge is -2.22. The van der Waals surface area contributed by atoms with Crippen molar-refractivity contribution in [3.05, 3.63) is 28.5 Å². The van der Waals surface area contributed by atoms with Crippen molar-refractivity contribution in [3.63, 3.8) is 0 Å². The summed E-state index contributed by atoms with van der Waals surface area (Å²) in [5, 5.41) is 15.7. The molecule has 12 heteroatoms. The summed E-state index contributed by atoms with van der Waals surface area (Å²) in [5.74, 6) is -0.00774. The van der Waals surface area contributed by atoms with Crippen LogP contribution in [0.15, 0.2) is 12.3 Å². The zero-order chi connectivity index (χ0) is 28.4. The van der Waals surface area contributed by atoms with Crippen LogP contribution in [0.4, 0.5) is 19.0 Å². The van der Waals surface area contributed by atoms with Crippen LogP contribution in [0.3, 0.4) is 0 Å². The molecule has 0 unspecified atom stereocenters. The third-order valence-corrected chi connectivity index (χ3v) is 9.51. The van der Waals surface area contributed by atoms with Crippen LogP contribution in [-0.2, 0) is 6.18 Å². The highest BCUT2D eigenvalue weighted by molar-refractivity contribution is 7.17. The Balaban J connectivity index is 1.38. The number of hydrogen-bond donors (Lipinski definition) is 3. The van der Waals surface area contributed by atoms with E-state index in [1.54, 1.807) is 4.90 Å². The SMILES string of the molecule is CC(C)(O)CNC(=O)c1nc(C(=O)N2[C@H]3CC[C@@H]2CC3)c(-c2cnc(NC(C3CC3)C3CC3)cc2C(F)(F)F)s1. The van der Waals surface area contributed by atoms with Gasteiger partial charge in [0.15, 0.2) is 5.01 Å². The lowest BCUT2D eigenvalue weighted by atomic mass is 10.0. The third-order valence-electron chi connectivity index (χ3n) is 8.42. The lowest BCUT2D eigenvalue weighted by Crippen LogP contribution is -2.38. The smallest absolute Gasteiger partial charge is 0.389 e. The topological polar surface area (TPSA) is 107 Å². The van der Waals surface area contributed by atoms with E-state index in [1.165, 1.54) is 13.8 Å². The number of anilines is 1. The Morgan fingerprint density at radius 3 is 2.20 bits per heavy atom. The number of hydrogen-bond acceptors (Lipinski definition) is 7. The van der Waals surface area contributed by atoms with Gasteiger partial charge in [0.2, 0.25) is 0 Å². The molecule has 2 aliphatic carbocycles. The average Bonchev–Trinajstić information content (AvgIpc) is 3.81. The van der Waals surface area contributed by atoms with Gasteiger partial charge in [-0.2, -0.15) is 13.2 Å². The second-order valence-corrected chi connectivity index (χ2v) is 13.3. The van der Waals surface area contributed by atoms with E-state index < -0.39 is 29.2 Å². The molecule has 2 aliphatic heterocycles. The molecule has 0 spiro atoms. The minimum absolute atomic E-state index is 0.0166. The molecule has 3 N–H and O–H groups in total. The molecule has 2 saturated heterocycles. The number of carbonyl (C=O) groups is 2. The van der Waals surface area contributed by atoms with Crippen molar-refractivity contribution in [3.8, 4) is 10.4 Å². The number of alkyl halides is 3. The number of nitrogens with zero attached hydrogens (tertiary/aromatic N) is 3. The second kappa shape index (κ2) is 9.97. The molecule has 2 amide bonds. The number of halogens is 3. The summed E-state index contributed by atoms with van der Waals surface area (Å²) < 4.78 is 43.5. The van der Waals surface area contributed by atoms with Crippen LogP contribution >= 0.6 is 11.3 Å². The highest BCUT2D eigenvalue weighted by Crippen LogP contribution is 2.47. The number of aromatic nitrogens is 2. The van der Waals surface area contributed by atoms with Gasteiger partial charge in [-0.25, -0.2) is 9.97 Å². The van der Waals surface area contributed by atoms with Crippen LogP contribution in [0.2, 0.25) is 0 Å². The molecule has 0 aromatic carbocycles. The highest BCUT2D eigenvalue weighted by Gasteiger charge is 2.45. The number of thiazole rings is 1. The molecule has 4 fully saturated rings. The number of fused-ring (bicyclic) bond motifs is 2. The zero-order valence-corrected chi connectivity index (χ0v) is 23.4. The monoisotopic (exact) mass is 577 g/mol. The largest absolute Gasteiger partial charge is 0.417 e. The number of aliphatic hydroxyl groups is 1. The fourth-order valence-electron chi connectivity index (χ4n) is 6.14. The van der Waals surface area contributed by atoms with E-state index in [4.69, 9.17) is 0 Å². The van der Waals surface area contributed by atoms with Gasteiger partial charge in [-0.05, 0) is 83.1 Å². The van der Waals surface area contributed by atoms with Crippen LogP contribution in [0.1, 0.15) is 91.1 Å². The van der Waals surface area contributed by atoms with E-state index in [9.17, 15) is 27.9 Å². The first-order valence-electron chi connectivity index (χ1n) is 14.1. The average molecular weight is 578 g/mol. The first kappa shape index (κ1) is 27.4. The van der Waals surface area contributed by atoms with Gasteiger partial charge in [0.25, 0.3) is 11.8 Å². The molecule has 2 aromatic heterocycles. The maximum atomic E-state index is 14.5. The summed E-state index contributed by atoms with van der Waals surface area (Å²) in [7, 11) is 0. The van der Waals surface area contributed by atoms with Gasteiger partial charge >= 0.3 is 6.18 Å². The molecule has 216 valence electrons. The van der Waals surface area contributed by atoms with Gasteiger partial charge in [0.05, 0.1) is 16.0 Å². The van der Waals surface area contributed by atoms with E-state index >= 15 is 0 Å². The fraction of sp³-hybridized carbons (Fsp3) is 0.643. The summed E-state index contributed by atoms with van der Waals surface area (Å²) >= 11 is 0.748. The van der Waals surface area contributed by atoms with Crippen molar-refractivity contribution in [2.45, 2.75) is 95.1 Å². The Morgan fingerprint density at radius 2 is 1.68 bits per heavy atom. The molecule has 2 saturated carbocycles. The van der Waals surface area contributed by atoms with E-state index in [2.05, 4.69) is 20.6 Å². The molecule has 6 rings (SSSR count). The van der Waals surface area contributed by atoms with Gasteiger partial charge in [0, 0.05) is 36.4 Å². The Labute approximate surface area is 234 Å². The quantitative estimate of drug-likeness (QED) is 0.383. The van der Waals surface area contributed by atoms with Crippen molar-refractivity contribution < 1.29 is 27.9 Å². The van der Waals surface area contributed by atoms with Gasteiger partial charge in [-0.3, -0.25) is 9.59 Å². The molecule has 4 heterocycles. The Morgan fingerprint density at radius 1 is 1.07 bits per heavy atom. The predicted molar refractivity (Wildman–Crippen MR) is 144 cm³/mol. The first-order valence-corrected chi connectivity index (χ1v) is 14.9. The van der Waals surface area contributed by atoms with Crippen LogP contribution in [0.5, 0.6) is 0 Å². The van der Waals surface area contributed by atoms with E-state index in [0.717, 1.165) is 75.0 Å². The Kier molecular flexibility index (Phi) is 6.84. The number of pyridine rings is 1. The highest BCUT2D eigenvalue weighted by atomic mass is 32.1. The third kappa shape index (κ3) is 5.57. The molecule has 0 radical (unpaired) electrons. The van der Waals surface area contributed by atoms with E-state index in [1.807, 2.05) is 0 Å². The van der Waals surface area contributed by atoms with Crippen LogP contribution in [0, 0.1) is 11.8 Å². The molecule has 8 nitrogen and oxygen atoms in total. The van der Waals surface area contributed by atoms with Crippen LogP contribution < -0.4 is 10.6 Å². The Hall–Kier alpha value is -2.73. The molecule has 2 bridgehead atoms. The number of nitrogens with one attached hydrogen (secondary N) is 2. The summed E-state index contributed by atoms with van der Waals surface area (Å²) in [6, 6.07) is 1.21. The first-order chi connectivity index (χ1) is 18.9. The zero-order valence-electron chi connectivity index (χ0n) is 22.6. The predicted octanol–water partition coefficient (Wildman–Crippen LogP) is 5.09. The normalized spacial score (nSPS) is 22.7. The minimum atomic E-state index is -4.72. The van der Waals surface area contributed by atoms with Crippen LogP contribution in [0.25, 0.3) is 10.4 Å². The van der Waals surface area contributed by atoms with Crippen molar-refractivity contribution in [2.75, 3.05) is 11.9 Å². The number of rotatable bonds is 9. The fourth-order valence-corrected chi connectivity index (χ4v) is 7.13. The number of carbonyl (C=O) groups excluding carboxylic acids is 2. The van der Waals surface area contributed by atoms with E-state index in [-0.39, 0.29) is 51.6 Å². The summed E-state index contributed by atoms with van der Waals surface area (Å²) in [5.41, 5.74) is -2.53. The summed E-state index contributed by atoms with van der Waals surface area (Å²) in [6.45, 7) is 2.96. The Bertz CT molecular complexity index is 1280.